The van der Waals surface area contributed by atoms with Gasteiger partial charge in [-0.15, -0.1) is 0 Å². The van der Waals surface area contributed by atoms with Crippen molar-refractivity contribution < 1.29 is 19.1 Å². The monoisotopic (exact) mass is 593 g/mol. The zero-order valence-electron chi connectivity index (χ0n) is 25.8. The molecule has 3 aliphatic rings. The highest BCUT2D eigenvalue weighted by Gasteiger charge is 2.51. The Morgan fingerprint density at radius 1 is 0.909 bits per heavy atom. The lowest BCUT2D eigenvalue weighted by Gasteiger charge is -2.50. The number of aryl methyl sites for hydroxylation is 1. The van der Waals surface area contributed by atoms with Gasteiger partial charge in [0.05, 0.1) is 7.11 Å². The molecule has 1 N–H and O–H groups in total. The van der Waals surface area contributed by atoms with E-state index in [1.807, 2.05) is 73.7 Å². The van der Waals surface area contributed by atoms with Crippen molar-refractivity contribution in [1.82, 2.24) is 15.1 Å². The number of rotatable bonds is 9. The van der Waals surface area contributed by atoms with Crippen LogP contribution in [0.15, 0.2) is 72.8 Å². The molecule has 0 bridgehead atoms. The van der Waals surface area contributed by atoms with Crippen LogP contribution in [0.3, 0.4) is 0 Å². The number of hydrogen-bond donors (Lipinski definition) is 1. The van der Waals surface area contributed by atoms with E-state index < -0.39 is 18.1 Å². The van der Waals surface area contributed by atoms with Crippen LogP contribution in [-0.4, -0.2) is 53.3 Å². The normalized spacial score (nSPS) is 21.0. The van der Waals surface area contributed by atoms with Crippen molar-refractivity contribution >= 4 is 17.7 Å². The van der Waals surface area contributed by atoms with Crippen molar-refractivity contribution in [1.29, 1.82) is 0 Å². The number of fused-ring (bicyclic) bond motifs is 2. The first-order valence-electron chi connectivity index (χ1n) is 16.1. The Hall–Kier alpha value is -4.13. The van der Waals surface area contributed by atoms with Crippen LogP contribution in [0, 0.1) is 12.8 Å². The summed E-state index contributed by atoms with van der Waals surface area (Å²) >= 11 is 0. The number of carbonyl (C=O) groups is 3. The van der Waals surface area contributed by atoms with E-state index in [2.05, 4.69) is 11.4 Å². The smallest absolute Gasteiger partial charge is 0.247 e. The molecule has 3 aromatic carbocycles. The second-order valence-corrected chi connectivity index (χ2v) is 12.7. The number of nitrogens with one attached hydrogen (secondary N) is 1. The number of piperazine rings is 1. The molecule has 0 radical (unpaired) electrons. The molecule has 1 aliphatic carbocycles. The van der Waals surface area contributed by atoms with Gasteiger partial charge < -0.3 is 19.9 Å². The van der Waals surface area contributed by atoms with Gasteiger partial charge in [0.2, 0.25) is 17.7 Å². The lowest BCUT2D eigenvalue weighted by atomic mass is 9.81. The van der Waals surface area contributed by atoms with Crippen molar-refractivity contribution in [3.63, 3.8) is 0 Å². The van der Waals surface area contributed by atoms with Gasteiger partial charge in [0, 0.05) is 19.5 Å². The number of amides is 3. The van der Waals surface area contributed by atoms with Crippen molar-refractivity contribution in [3.8, 4) is 5.75 Å². The van der Waals surface area contributed by atoms with Gasteiger partial charge >= 0.3 is 0 Å². The van der Waals surface area contributed by atoms with Crippen molar-refractivity contribution in [3.05, 3.63) is 101 Å². The summed E-state index contributed by atoms with van der Waals surface area (Å²) in [4.78, 5) is 46.8. The molecule has 230 valence electrons. The lowest BCUT2D eigenvalue weighted by molar-refractivity contribution is -0.169. The highest BCUT2D eigenvalue weighted by atomic mass is 16.5. The van der Waals surface area contributed by atoms with Crippen LogP contribution in [0.25, 0.3) is 0 Å². The van der Waals surface area contributed by atoms with Gasteiger partial charge in [0.1, 0.15) is 23.9 Å². The molecule has 3 atom stereocenters. The van der Waals surface area contributed by atoms with E-state index in [-0.39, 0.29) is 17.7 Å². The summed E-state index contributed by atoms with van der Waals surface area (Å²) < 4.78 is 5.27. The van der Waals surface area contributed by atoms with Crippen molar-refractivity contribution in [2.75, 3.05) is 13.7 Å². The first kappa shape index (κ1) is 29.9. The molecule has 7 heteroatoms. The molecule has 7 nitrogen and oxygen atoms in total. The molecule has 2 fully saturated rings. The standard InChI is InChI=1S/C37H43N3O4/c1-25-12-16-28(17-13-25)34(35(41)38-21-20-26-14-18-31(44-2)19-15-26)40-33(22-27-8-4-3-5-9-27)36(42)39-24-30-11-7-6-10-29(30)23-32(39)37(40)43/h6-7,10-19,27,32-34H,3-5,8-9,20-24H2,1-2H3,(H,38,41)/t32-,33-,34?/m0/s1. The largest absolute Gasteiger partial charge is 0.497 e. The molecule has 3 amide bonds. The topological polar surface area (TPSA) is 79.0 Å². The minimum absolute atomic E-state index is 0.0298. The number of hydrogen-bond acceptors (Lipinski definition) is 4. The minimum atomic E-state index is -0.893. The number of carbonyl (C=O) groups excluding carboxylic acids is 3. The van der Waals surface area contributed by atoms with Gasteiger partial charge in [-0.3, -0.25) is 14.4 Å². The third-order valence-electron chi connectivity index (χ3n) is 9.76. The maximum Gasteiger partial charge on any atom is 0.247 e. The third kappa shape index (κ3) is 6.23. The summed E-state index contributed by atoms with van der Waals surface area (Å²) in [7, 11) is 1.64. The summed E-state index contributed by atoms with van der Waals surface area (Å²) in [5.74, 6) is 0.739. The molecule has 1 saturated heterocycles. The second-order valence-electron chi connectivity index (χ2n) is 12.7. The van der Waals surface area contributed by atoms with Crippen LogP contribution >= 0.6 is 0 Å². The van der Waals surface area contributed by atoms with Gasteiger partial charge in [0.15, 0.2) is 0 Å². The number of ether oxygens (including phenoxy) is 1. The Kier molecular flexibility index (Phi) is 9.01. The molecule has 1 saturated carbocycles. The first-order chi connectivity index (χ1) is 21.4. The second kappa shape index (κ2) is 13.2. The summed E-state index contributed by atoms with van der Waals surface area (Å²) in [6.07, 6.45) is 7.32. The molecule has 3 aromatic rings. The fourth-order valence-corrected chi connectivity index (χ4v) is 7.28. The summed E-state index contributed by atoms with van der Waals surface area (Å²) in [5.41, 5.74) is 5.07. The van der Waals surface area contributed by atoms with Gasteiger partial charge in [-0.05, 0) is 60.1 Å². The van der Waals surface area contributed by atoms with E-state index in [4.69, 9.17) is 4.74 Å². The van der Waals surface area contributed by atoms with Crippen LogP contribution in [0.5, 0.6) is 5.75 Å². The van der Waals surface area contributed by atoms with E-state index in [1.165, 1.54) is 6.42 Å². The SMILES string of the molecule is COc1ccc(CCNC(=O)C(c2ccc(C)cc2)N2C(=O)[C@@H]3Cc4ccccc4CN3C(=O)[C@@H]2CC2CCCCC2)cc1. The van der Waals surface area contributed by atoms with Crippen LogP contribution in [0.2, 0.25) is 0 Å². The average molecular weight is 594 g/mol. The third-order valence-corrected chi connectivity index (χ3v) is 9.76. The molecule has 44 heavy (non-hydrogen) atoms. The lowest BCUT2D eigenvalue weighted by Crippen LogP contribution is -2.67. The zero-order chi connectivity index (χ0) is 30.6. The van der Waals surface area contributed by atoms with Crippen molar-refractivity contribution in [2.24, 2.45) is 5.92 Å². The molecular weight excluding hydrogens is 550 g/mol. The molecule has 2 heterocycles. The van der Waals surface area contributed by atoms with Gasteiger partial charge in [-0.2, -0.15) is 0 Å². The van der Waals surface area contributed by atoms with E-state index in [1.54, 1.807) is 16.9 Å². The molecule has 6 rings (SSSR count). The molecular formula is C37H43N3O4. The number of benzene rings is 3. The highest BCUT2D eigenvalue weighted by molar-refractivity contribution is 6.00. The van der Waals surface area contributed by atoms with Crippen LogP contribution < -0.4 is 10.1 Å². The van der Waals surface area contributed by atoms with E-state index in [0.29, 0.717) is 38.3 Å². The van der Waals surface area contributed by atoms with Crippen molar-refractivity contribution in [2.45, 2.75) is 83.0 Å². The predicted molar refractivity (Wildman–Crippen MR) is 170 cm³/mol. The van der Waals surface area contributed by atoms with Gasteiger partial charge in [-0.25, -0.2) is 0 Å². The Balaban J connectivity index is 1.33. The Morgan fingerprint density at radius 2 is 1.61 bits per heavy atom. The van der Waals surface area contributed by atoms with E-state index in [9.17, 15) is 14.4 Å². The highest BCUT2D eigenvalue weighted by Crippen LogP contribution is 2.38. The van der Waals surface area contributed by atoms with Gasteiger partial charge in [-0.1, -0.05) is 98.3 Å². The predicted octanol–water partition coefficient (Wildman–Crippen LogP) is 5.54. The van der Waals surface area contributed by atoms with Gasteiger partial charge in [0.25, 0.3) is 0 Å². The van der Waals surface area contributed by atoms with E-state index >= 15 is 0 Å². The minimum Gasteiger partial charge on any atom is -0.497 e. The van der Waals surface area contributed by atoms with Crippen LogP contribution in [0.1, 0.15) is 72.4 Å². The Labute approximate surface area is 260 Å². The fraction of sp³-hybridized carbons (Fsp3) is 0.432. The van der Waals surface area contributed by atoms with E-state index in [0.717, 1.165) is 59.3 Å². The fourth-order valence-electron chi connectivity index (χ4n) is 7.28. The Morgan fingerprint density at radius 3 is 2.32 bits per heavy atom. The first-order valence-corrected chi connectivity index (χ1v) is 16.1. The molecule has 1 unspecified atom stereocenters. The number of methoxy groups -OCH3 is 1. The average Bonchev–Trinajstić information content (AvgIpc) is 3.06. The molecule has 2 aliphatic heterocycles. The Bertz CT molecular complexity index is 1480. The maximum absolute atomic E-state index is 14.6. The zero-order valence-corrected chi connectivity index (χ0v) is 25.8. The molecule has 0 aromatic heterocycles. The molecule has 0 spiro atoms. The van der Waals surface area contributed by atoms with Crippen LogP contribution in [0.4, 0.5) is 0 Å². The van der Waals surface area contributed by atoms with Crippen LogP contribution in [-0.2, 0) is 33.8 Å². The quantitative estimate of drug-likeness (QED) is 0.354. The number of nitrogens with zero attached hydrogens (tertiary/aromatic N) is 2. The summed E-state index contributed by atoms with van der Waals surface area (Å²) in [5, 5.41) is 3.13. The maximum atomic E-state index is 14.6. The summed E-state index contributed by atoms with van der Waals surface area (Å²) in [6.45, 7) is 2.86. The summed E-state index contributed by atoms with van der Waals surface area (Å²) in [6, 6.07) is 21.5.